The Morgan fingerprint density at radius 2 is 2.27 bits per heavy atom. The third-order valence-electron chi connectivity index (χ3n) is 1.89. The Balaban J connectivity index is 2.39. The first-order valence-corrected chi connectivity index (χ1v) is 5.02. The SMILES string of the molecule is COc1cncc(-c2cc(C=O)sn2)c1. The first-order valence-electron chi connectivity index (χ1n) is 4.25. The van der Waals surface area contributed by atoms with Crippen molar-refractivity contribution in [1.29, 1.82) is 0 Å². The Bertz CT molecular complexity index is 482. The molecule has 0 atom stereocenters. The lowest BCUT2D eigenvalue weighted by Crippen LogP contribution is -1.85. The molecular weight excluding hydrogens is 212 g/mol. The minimum Gasteiger partial charge on any atom is -0.495 e. The van der Waals surface area contributed by atoms with E-state index in [-0.39, 0.29) is 0 Å². The molecule has 0 unspecified atom stereocenters. The molecule has 0 saturated carbocycles. The number of carbonyl (C=O) groups excluding carboxylic acids is 1. The Kier molecular flexibility index (Phi) is 2.73. The Hall–Kier alpha value is -1.75. The Morgan fingerprint density at radius 3 is 2.93 bits per heavy atom. The van der Waals surface area contributed by atoms with E-state index in [2.05, 4.69) is 9.36 Å². The summed E-state index contributed by atoms with van der Waals surface area (Å²) in [4.78, 5) is 15.1. The summed E-state index contributed by atoms with van der Waals surface area (Å²) in [5, 5.41) is 0. The molecule has 0 saturated heterocycles. The molecule has 2 aromatic heterocycles. The van der Waals surface area contributed by atoms with Crippen molar-refractivity contribution >= 4 is 17.8 Å². The lowest BCUT2D eigenvalue weighted by molar-refractivity contribution is 0.112. The summed E-state index contributed by atoms with van der Waals surface area (Å²) in [7, 11) is 1.58. The lowest BCUT2D eigenvalue weighted by atomic mass is 10.2. The Labute approximate surface area is 90.7 Å². The van der Waals surface area contributed by atoms with Crippen LogP contribution in [0.5, 0.6) is 5.75 Å². The molecular formula is C10H8N2O2S. The van der Waals surface area contributed by atoms with Gasteiger partial charge in [-0.15, -0.1) is 0 Å². The average molecular weight is 220 g/mol. The van der Waals surface area contributed by atoms with Crippen molar-refractivity contribution in [2.75, 3.05) is 7.11 Å². The summed E-state index contributed by atoms with van der Waals surface area (Å²) in [6, 6.07) is 3.56. The molecule has 4 nitrogen and oxygen atoms in total. The molecule has 0 aromatic carbocycles. The number of nitrogens with zero attached hydrogens (tertiary/aromatic N) is 2. The third kappa shape index (κ3) is 2.02. The molecule has 76 valence electrons. The number of carbonyl (C=O) groups is 1. The van der Waals surface area contributed by atoms with Crippen LogP contribution >= 0.6 is 11.5 Å². The molecule has 5 heteroatoms. The molecule has 0 spiro atoms. The van der Waals surface area contributed by atoms with Crippen molar-refractivity contribution in [2.24, 2.45) is 0 Å². The largest absolute Gasteiger partial charge is 0.495 e. The lowest BCUT2D eigenvalue weighted by Gasteiger charge is -2.00. The van der Waals surface area contributed by atoms with E-state index in [4.69, 9.17) is 4.74 Å². The van der Waals surface area contributed by atoms with Crippen LogP contribution in [0.15, 0.2) is 24.5 Å². The van der Waals surface area contributed by atoms with Gasteiger partial charge in [0.1, 0.15) is 5.75 Å². The van der Waals surface area contributed by atoms with E-state index in [0.29, 0.717) is 10.6 Å². The first-order chi connectivity index (χ1) is 7.33. The van der Waals surface area contributed by atoms with Crippen molar-refractivity contribution in [3.05, 3.63) is 29.4 Å². The molecule has 2 aromatic rings. The highest BCUT2D eigenvalue weighted by molar-refractivity contribution is 7.07. The maximum atomic E-state index is 10.5. The molecule has 0 bridgehead atoms. The van der Waals surface area contributed by atoms with Crippen molar-refractivity contribution in [3.8, 4) is 17.0 Å². The van der Waals surface area contributed by atoms with Crippen LogP contribution < -0.4 is 4.74 Å². The highest BCUT2D eigenvalue weighted by Gasteiger charge is 2.05. The molecule has 0 N–H and O–H groups in total. The molecule has 15 heavy (non-hydrogen) atoms. The van der Waals surface area contributed by atoms with E-state index >= 15 is 0 Å². The smallest absolute Gasteiger partial charge is 0.161 e. The average Bonchev–Trinajstić information content (AvgIpc) is 2.78. The number of pyridine rings is 1. The predicted molar refractivity (Wildman–Crippen MR) is 57.3 cm³/mol. The maximum absolute atomic E-state index is 10.5. The van der Waals surface area contributed by atoms with Gasteiger partial charge in [-0.05, 0) is 23.7 Å². The van der Waals surface area contributed by atoms with Gasteiger partial charge in [-0.3, -0.25) is 9.78 Å². The maximum Gasteiger partial charge on any atom is 0.161 e. The fourth-order valence-electron chi connectivity index (χ4n) is 1.15. The molecule has 2 rings (SSSR count). The van der Waals surface area contributed by atoms with Gasteiger partial charge in [-0.25, -0.2) is 0 Å². The summed E-state index contributed by atoms with van der Waals surface area (Å²) in [6.45, 7) is 0. The minimum atomic E-state index is 0.604. The van der Waals surface area contributed by atoms with Crippen LogP contribution in [0.25, 0.3) is 11.3 Å². The normalized spacial score (nSPS) is 9.93. The number of ether oxygens (including phenoxy) is 1. The van der Waals surface area contributed by atoms with E-state index in [1.54, 1.807) is 25.6 Å². The van der Waals surface area contributed by atoms with E-state index < -0.39 is 0 Å². The highest BCUT2D eigenvalue weighted by Crippen LogP contribution is 2.23. The minimum absolute atomic E-state index is 0.604. The van der Waals surface area contributed by atoms with Crippen molar-refractivity contribution in [3.63, 3.8) is 0 Å². The fourth-order valence-corrected chi connectivity index (χ4v) is 1.72. The van der Waals surface area contributed by atoms with Gasteiger partial charge in [-0.2, -0.15) is 4.37 Å². The zero-order valence-electron chi connectivity index (χ0n) is 8.01. The van der Waals surface area contributed by atoms with Crippen LogP contribution in [0.1, 0.15) is 9.67 Å². The summed E-state index contributed by atoms with van der Waals surface area (Å²) < 4.78 is 9.20. The van der Waals surface area contributed by atoms with Crippen molar-refractivity contribution < 1.29 is 9.53 Å². The number of aldehydes is 1. The quantitative estimate of drug-likeness (QED) is 0.742. The fraction of sp³-hybridized carbons (Fsp3) is 0.100. The summed E-state index contributed by atoms with van der Waals surface area (Å²) in [6.07, 6.45) is 4.09. The predicted octanol–water partition coefficient (Wildman–Crippen LogP) is 2.03. The molecule has 0 aliphatic rings. The van der Waals surface area contributed by atoms with Gasteiger partial charge in [0.05, 0.1) is 23.9 Å². The van der Waals surface area contributed by atoms with Gasteiger partial charge in [-0.1, -0.05) is 0 Å². The van der Waals surface area contributed by atoms with Crippen LogP contribution in [0.2, 0.25) is 0 Å². The monoisotopic (exact) mass is 220 g/mol. The van der Waals surface area contributed by atoms with E-state index in [9.17, 15) is 4.79 Å². The summed E-state index contributed by atoms with van der Waals surface area (Å²) >= 11 is 1.17. The summed E-state index contributed by atoms with van der Waals surface area (Å²) in [5.41, 5.74) is 1.59. The number of hydrogen-bond donors (Lipinski definition) is 0. The van der Waals surface area contributed by atoms with Crippen LogP contribution in [-0.2, 0) is 0 Å². The van der Waals surface area contributed by atoms with E-state index in [1.165, 1.54) is 11.5 Å². The van der Waals surface area contributed by atoms with Gasteiger partial charge >= 0.3 is 0 Å². The second-order valence-corrected chi connectivity index (χ2v) is 3.68. The number of rotatable bonds is 3. The topological polar surface area (TPSA) is 52.1 Å². The van der Waals surface area contributed by atoms with E-state index in [1.807, 2.05) is 6.07 Å². The standard InChI is InChI=1S/C10H8N2O2S/c1-14-8-2-7(4-11-5-8)10-3-9(6-13)15-12-10/h2-6H,1H3. The number of methoxy groups -OCH3 is 1. The summed E-state index contributed by atoms with van der Waals surface area (Å²) in [5.74, 6) is 0.674. The van der Waals surface area contributed by atoms with Crippen LogP contribution in [0, 0.1) is 0 Å². The van der Waals surface area contributed by atoms with Crippen LogP contribution in [-0.4, -0.2) is 22.8 Å². The molecule has 2 heterocycles. The van der Waals surface area contributed by atoms with Gasteiger partial charge in [0.25, 0.3) is 0 Å². The first kappa shape index (κ1) is 9.79. The Morgan fingerprint density at radius 1 is 1.40 bits per heavy atom. The molecule has 0 fully saturated rings. The molecule has 0 aliphatic carbocycles. The third-order valence-corrected chi connectivity index (χ3v) is 2.60. The second kappa shape index (κ2) is 4.18. The van der Waals surface area contributed by atoms with Crippen molar-refractivity contribution in [1.82, 2.24) is 9.36 Å². The molecule has 0 amide bonds. The van der Waals surface area contributed by atoms with Gasteiger partial charge in [0.15, 0.2) is 6.29 Å². The molecule has 0 radical (unpaired) electrons. The zero-order chi connectivity index (χ0) is 10.7. The van der Waals surface area contributed by atoms with Crippen molar-refractivity contribution in [2.45, 2.75) is 0 Å². The molecule has 0 aliphatic heterocycles. The van der Waals surface area contributed by atoms with Crippen LogP contribution in [0.3, 0.4) is 0 Å². The zero-order valence-corrected chi connectivity index (χ0v) is 8.82. The number of aromatic nitrogens is 2. The van der Waals surface area contributed by atoms with Gasteiger partial charge in [0.2, 0.25) is 0 Å². The van der Waals surface area contributed by atoms with Crippen LogP contribution in [0.4, 0.5) is 0 Å². The number of hydrogen-bond acceptors (Lipinski definition) is 5. The van der Waals surface area contributed by atoms with Gasteiger partial charge in [0, 0.05) is 11.8 Å². The highest BCUT2D eigenvalue weighted by atomic mass is 32.1. The van der Waals surface area contributed by atoms with Gasteiger partial charge < -0.3 is 4.74 Å². The van der Waals surface area contributed by atoms with E-state index in [0.717, 1.165) is 17.5 Å². The second-order valence-electron chi connectivity index (χ2n) is 2.85.